The van der Waals surface area contributed by atoms with Crippen molar-refractivity contribution in [3.8, 4) is 0 Å². The molecule has 1 atom stereocenters. The summed E-state index contributed by atoms with van der Waals surface area (Å²) in [5, 5.41) is 11.5. The second kappa shape index (κ2) is 11.9. The van der Waals surface area contributed by atoms with Gasteiger partial charge in [-0.2, -0.15) is 0 Å². The summed E-state index contributed by atoms with van der Waals surface area (Å²) in [6, 6.07) is 10.1. The first-order valence-corrected chi connectivity index (χ1v) is 11.4. The Morgan fingerprint density at radius 2 is 1.91 bits per heavy atom. The van der Waals surface area contributed by atoms with E-state index < -0.39 is 16.9 Å². The summed E-state index contributed by atoms with van der Waals surface area (Å²) in [4.78, 5) is 43.7. The van der Waals surface area contributed by atoms with Crippen LogP contribution in [0.1, 0.15) is 35.6 Å². The molecule has 1 heterocycles. The normalized spacial score (nSPS) is 12.0. The SMILES string of the molecule is COCCCN(C(=O)c1ccc([N+](=O)[O-])cc1Cl)C(C)c1nc2ccccc2c(=O)n1CCOC. The van der Waals surface area contributed by atoms with Gasteiger partial charge in [0.2, 0.25) is 0 Å². The molecule has 35 heavy (non-hydrogen) atoms. The second-order valence-electron chi connectivity index (χ2n) is 7.88. The monoisotopic (exact) mass is 502 g/mol. The summed E-state index contributed by atoms with van der Waals surface area (Å²) < 4.78 is 11.9. The van der Waals surface area contributed by atoms with E-state index in [1.165, 1.54) is 16.7 Å². The molecule has 1 aromatic heterocycles. The molecule has 1 amide bonds. The van der Waals surface area contributed by atoms with Crippen LogP contribution >= 0.6 is 11.6 Å². The maximum absolute atomic E-state index is 13.6. The fourth-order valence-electron chi connectivity index (χ4n) is 3.84. The molecule has 0 radical (unpaired) electrons. The van der Waals surface area contributed by atoms with Crippen LogP contribution in [0.3, 0.4) is 0 Å². The maximum atomic E-state index is 13.6. The van der Waals surface area contributed by atoms with Crippen LogP contribution in [-0.4, -0.2) is 59.3 Å². The molecule has 1 unspecified atom stereocenters. The van der Waals surface area contributed by atoms with Crippen molar-refractivity contribution in [3.05, 3.63) is 79.3 Å². The summed E-state index contributed by atoms with van der Waals surface area (Å²) in [5.74, 6) is -0.0382. The van der Waals surface area contributed by atoms with Gasteiger partial charge in [0.25, 0.3) is 17.2 Å². The molecule has 0 spiro atoms. The minimum atomic E-state index is -0.625. The highest BCUT2D eigenvalue weighted by atomic mass is 35.5. The van der Waals surface area contributed by atoms with Gasteiger partial charge in [-0.3, -0.25) is 24.3 Å². The molecule has 10 nitrogen and oxygen atoms in total. The number of ether oxygens (including phenoxy) is 2. The molecule has 0 fully saturated rings. The molecule has 0 bridgehead atoms. The average Bonchev–Trinajstić information content (AvgIpc) is 2.85. The van der Waals surface area contributed by atoms with E-state index in [1.54, 1.807) is 50.3 Å². The van der Waals surface area contributed by atoms with Gasteiger partial charge in [-0.15, -0.1) is 0 Å². The Bertz CT molecular complexity index is 1280. The molecular formula is C24H27ClN4O6. The van der Waals surface area contributed by atoms with Crippen LogP contribution in [0.2, 0.25) is 5.02 Å². The van der Waals surface area contributed by atoms with Gasteiger partial charge in [-0.1, -0.05) is 23.7 Å². The van der Waals surface area contributed by atoms with Crippen LogP contribution in [-0.2, 0) is 16.0 Å². The summed E-state index contributed by atoms with van der Waals surface area (Å²) in [7, 11) is 3.11. The van der Waals surface area contributed by atoms with E-state index in [4.69, 9.17) is 26.1 Å². The van der Waals surface area contributed by atoms with E-state index >= 15 is 0 Å². The lowest BCUT2D eigenvalue weighted by Crippen LogP contribution is -2.39. The molecule has 0 saturated heterocycles. The van der Waals surface area contributed by atoms with Gasteiger partial charge in [0.1, 0.15) is 5.82 Å². The number of benzene rings is 2. The number of methoxy groups -OCH3 is 2. The number of halogens is 1. The van der Waals surface area contributed by atoms with Crippen LogP contribution < -0.4 is 5.56 Å². The molecule has 2 aromatic carbocycles. The Labute approximate surface area is 207 Å². The van der Waals surface area contributed by atoms with Crippen LogP contribution in [0.25, 0.3) is 10.9 Å². The number of nitrogens with zero attached hydrogens (tertiary/aromatic N) is 4. The largest absolute Gasteiger partial charge is 0.385 e. The smallest absolute Gasteiger partial charge is 0.270 e. The van der Waals surface area contributed by atoms with Gasteiger partial charge in [-0.05, 0) is 31.5 Å². The zero-order chi connectivity index (χ0) is 25.5. The van der Waals surface area contributed by atoms with E-state index in [0.717, 1.165) is 6.07 Å². The Hall–Kier alpha value is -3.34. The standard InChI is InChI=1S/C24H27ClN4O6/c1-16(22-26-21-8-5-4-7-19(21)24(31)28(22)12-14-35-3)27(11-6-13-34-2)23(30)18-10-9-17(29(32)33)15-20(18)25/h4-5,7-10,15-16H,6,11-14H2,1-3H3. The molecule has 0 aliphatic rings. The third-order valence-electron chi connectivity index (χ3n) is 5.65. The Balaban J connectivity index is 2.10. The minimum absolute atomic E-state index is 0.0311. The van der Waals surface area contributed by atoms with E-state index in [0.29, 0.717) is 29.8 Å². The third-order valence-corrected chi connectivity index (χ3v) is 5.97. The van der Waals surface area contributed by atoms with Crippen LogP contribution in [0.4, 0.5) is 5.69 Å². The molecule has 3 rings (SSSR count). The zero-order valence-corrected chi connectivity index (χ0v) is 20.5. The number of hydrogen-bond donors (Lipinski definition) is 0. The number of rotatable bonds is 11. The van der Waals surface area contributed by atoms with Gasteiger partial charge >= 0.3 is 0 Å². The first-order valence-electron chi connectivity index (χ1n) is 11.0. The number of fused-ring (bicyclic) bond motifs is 1. The highest BCUT2D eigenvalue weighted by Gasteiger charge is 2.28. The predicted octanol–water partition coefficient (Wildman–Crippen LogP) is 3.84. The van der Waals surface area contributed by atoms with Gasteiger partial charge in [0.05, 0.1) is 45.6 Å². The van der Waals surface area contributed by atoms with Gasteiger partial charge in [0.15, 0.2) is 0 Å². The topological polar surface area (TPSA) is 117 Å². The molecule has 0 aliphatic heterocycles. The lowest BCUT2D eigenvalue weighted by Gasteiger charge is -2.31. The first kappa shape index (κ1) is 26.3. The van der Waals surface area contributed by atoms with Crippen molar-refractivity contribution in [1.82, 2.24) is 14.5 Å². The van der Waals surface area contributed by atoms with Crippen molar-refractivity contribution < 1.29 is 19.2 Å². The summed E-state index contributed by atoms with van der Waals surface area (Å²) >= 11 is 6.26. The van der Waals surface area contributed by atoms with E-state index in [2.05, 4.69) is 0 Å². The maximum Gasteiger partial charge on any atom is 0.270 e. The second-order valence-corrected chi connectivity index (χ2v) is 8.29. The molecule has 0 saturated carbocycles. The minimum Gasteiger partial charge on any atom is -0.385 e. The zero-order valence-electron chi connectivity index (χ0n) is 19.8. The molecular weight excluding hydrogens is 476 g/mol. The molecule has 186 valence electrons. The van der Waals surface area contributed by atoms with Crippen LogP contribution in [0.15, 0.2) is 47.3 Å². The van der Waals surface area contributed by atoms with Crippen molar-refractivity contribution in [2.24, 2.45) is 0 Å². The van der Waals surface area contributed by atoms with Crippen molar-refractivity contribution in [2.75, 3.05) is 34.0 Å². The number of carbonyl (C=O) groups excluding carboxylic acids is 1. The summed E-state index contributed by atoms with van der Waals surface area (Å²) in [5.41, 5.74) is 0.195. The predicted molar refractivity (Wildman–Crippen MR) is 132 cm³/mol. The highest BCUT2D eigenvalue weighted by Crippen LogP contribution is 2.28. The summed E-state index contributed by atoms with van der Waals surface area (Å²) in [6.45, 7) is 3.01. The average molecular weight is 503 g/mol. The Morgan fingerprint density at radius 3 is 2.57 bits per heavy atom. The molecule has 0 N–H and O–H groups in total. The lowest BCUT2D eigenvalue weighted by molar-refractivity contribution is -0.384. The first-order chi connectivity index (χ1) is 16.8. The number of aromatic nitrogens is 2. The number of amides is 1. The van der Waals surface area contributed by atoms with Gasteiger partial charge < -0.3 is 14.4 Å². The molecule has 0 aliphatic carbocycles. The number of carbonyl (C=O) groups is 1. The Kier molecular flexibility index (Phi) is 8.91. The van der Waals surface area contributed by atoms with E-state index in [9.17, 15) is 19.7 Å². The van der Waals surface area contributed by atoms with E-state index in [1.807, 2.05) is 0 Å². The fraction of sp³-hybridized carbons (Fsp3) is 0.375. The number of para-hydroxylation sites is 1. The van der Waals surface area contributed by atoms with Gasteiger partial charge in [-0.25, -0.2) is 4.98 Å². The number of nitro groups is 1. The van der Waals surface area contributed by atoms with E-state index in [-0.39, 0.29) is 41.5 Å². The third kappa shape index (κ3) is 5.84. The van der Waals surface area contributed by atoms with Crippen molar-refractivity contribution in [1.29, 1.82) is 0 Å². The lowest BCUT2D eigenvalue weighted by atomic mass is 10.1. The molecule has 3 aromatic rings. The molecule has 11 heteroatoms. The van der Waals surface area contributed by atoms with Gasteiger partial charge in [0, 0.05) is 39.5 Å². The van der Waals surface area contributed by atoms with Crippen LogP contribution in [0.5, 0.6) is 0 Å². The highest BCUT2D eigenvalue weighted by molar-refractivity contribution is 6.34. The fourth-order valence-corrected chi connectivity index (χ4v) is 4.09. The summed E-state index contributed by atoms with van der Waals surface area (Å²) in [6.07, 6.45) is 0.521. The Morgan fingerprint density at radius 1 is 1.20 bits per heavy atom. The van der Waals surface area contributed by atoms with Crippen LogP contribution in [0, 0.1) is 10.1 Å². The number of non-ortho nitro benzene ring substituents is 1. The number of hydrogen-bond acceptors (Lipinski definition) is 7. The quantitative estimate of drug-likeness (QED) is 0.222. The van der Waals surface area contributed by atoms with Crippen molar-refractivity contribution in [3.63, 3.8) is 0 Å². The number of nitro benzene ring substituents is 1. The van der Waals surface area contributed by atoms with Crippen molar-refractivity contribution in [2.45, 2.75) is 25.9 Å². The van der Waals surface area contributed by atoms with Crippen molar-refractivity contribution >= 4 is 34.1 Å².